The molecule has 5 nitrogen and oxygen atoms in total. The second-order valence-electron chi connectivity index (χ2n) is 7.17. The van der Waals surface area contributed by atoms with Gasteiger partial charge in [-0.15, -0.1) is 0 Å². The van der Waals surface area contributed by atoms with E-state index in [4.69, 9.17) is 0 Å². The standard InChI is InChI=1S/C23H18BrN3O2/c24-19-13-25-23-21-22(29)18(28)11-12-26(21)17(14-27(19)23)20(15-7-3-1-4-8-15)16-9-5-2-6-10-16/h1-13,17,20,29H,14H2/t17-/m1/s1. The van der Waals surface area contributed by atoms with Gasteiger partial charge >= 0.3 is 0 Å². The van der Waals surface area contributed by atoms with Crippen LogP contribution in [0.5, 0.6) is 5.75 Å². The third-order valence-electron chi connectivity index (χ3n) is 5.55. The van der Waals surface area contributed by atoms with E-state index < -0.39 is 5.43 Å². The molecule has 1 aliphatic heterocycles. The van der Waals surface area contributed by atoms with E-state index >= 15 is 0 Å². The van der Waals surface area contributed by atoms with Crippen LogP contribution >= 0.6 is 15.9 Å². The van der Waals surface area contributed by atoms with Gasteiger partial charge in [-0.3, -0.25) is 4.79 Å². The van der Waals surface area contributed by atoms with E-state index in [2.05, 4.69) is 45.2 Å². The maximum absolute atomic E-state index is 12.2. The van der Waals surface area contributed by atoms with E-state index in [0.717, 1.165) is 4.60 Å². The Morgan fingerprint density at radius 1 is 1.00 bits per heavy atom. The summed E-state index contributed by atoms with van der Waals surface area (Å²) in [6.07, 6.45) is 3.48. The number of aromatic nitrogens is 3. The van der Waals surface area contributed by atoms with Gasteiger partial charge in [0, 0.05) is 24.7 Å². The highest BCUT2D eigenvalue weighted by atomic mass is 79.9. The summed E-state index contributed by atoms with van der Waals surface area (Å²) in [5, 5.41) is 10.6. The number of imidazole rings is 1. The van der Waals surface area contributed by atoms with Crippen molar-refractivity contribution in [3.05, 3.63) is 105 Å². The SMILES string of the molecule is O=c1ccn2c(c1O)-c1ncc(Br)n1C[C@@H]2C(c1ccccc1)c1ccccc1. The van der Waals surface area contributed by atoms with Crippen LogP contribution in [-0.2, 0) is 6.54 Å². The maximum Gasteiger partial charge on any atom is 0.223 e. The highest BCUT2D eigenvalue weighted by molar-refractivity contribution is 9.10. The van der Waals surface area contributed by atoms with Gasteiger partial charge in [-0.2, -0.15) is 0 Å². The van der Waals surface area contributed by atoms with Gasteiger partial charge in [0.15, 0.2) is 11.6 Å². The molecule has 0 fully saturated rings. The minimum atomic E-state index is -0.404. The lowest BCUT2D eigenvalue weighted by atomic mass is 9.84. The minimum Gasteiger partial charge on any atom is -0.503 e. The van der Waals surface area contributed by atoms with Gasteiger partial charge in [0.05, 0.1) is 12.2 Å². The molecule has 1 aliphatic rings. The monoisotopic (exact) mass is 447 g/mol. The first-order valence-corrected chi connectivity index (χ1v) is 10.2. The molecule has 1 N–H and O–H groups in total. The summed E-state index contributed by atoms with van der Waals surface area (Å²) in [7, 11) is 0. The van der Waals surface area contributed by atoms with Crippen molar-refractivity contribution < 1.29 is 5.11 Å². The minimum absolute atomic E-state index is 0.0282. The number of pyridine rings is 1. The van der Waals surface area contributed by atoms with Crippen molar-refractivity contribution in [2.45, 2.75) is 18.5 Å². The molecular formula is C23H18BrN3O2. The Morgan fingerprint density at radius 3 is 2.24 bits per heavy atom. The summed E-state index contributed by atoms with van der Waals surface area (Å²) < 4.78 is 4.83. The smallest absolute Gasteiger partial charge is 0.223 e. The molecule has 5 rings (SSSR count). The maximum atomic E-state index is 12.2. The highest BCUT2D eigenvalue weighted by Gasteiger charge is 2.35. The molecule has 0 radical (unpaired) electrons. The summed E-state index contributed by atoms with van der Waals surface area (Å²) in [6, 6.07) is 22.0. The number of hydrogen-bond donors (Lipinski definition) is 1. The van der Waals surface area contributed by atoms with Crippen molar-refractivity contribution in [3.8, 4) is 17.3 Å². The molecule has 6 heteroatoms. The number of rotatable bonds is 3. The van der Waals surface area contributed by atoms with Gasteiger partial charge in [-0.05, 0) is 27.1 Å². The van der Waals surface area contributed by atoms with Crippen molar-refractivity contribution >= 4 is 15.9 Å². The summed E-state index contributed by atoms with van der Waals surface area (Å²) in [6.45, 7) is 0.652. The molecule has 0 bridgehead atoms. The van der Waals surface area contributed by atoms with Gasteiger partial charge in [0.25, 0.3) is 0 Å². The zero-order valence-corrected chi connectivity index (χ0v) is 17.0. The second-order valence-corrected chi connectivity index (χ2v) is 7.98. The van der Waals surface area contributed by atoms with Crippen LogP contribution in [0.4, 0.5) is 0 Å². The Bertz CT molecular complexity index is 1190. The van der Waals surface area contributed by atoms with Crippen molar-refractivity contribution in [1.29, 1.82) is 0 Å². The Labute approximate surface area is 176 Å². The molecule has 0 saturated carbocycles. The molecule has 1 atom stereocenters. The fraction of sp³-hybridized carbons (Fsp3) is 0.130. The average molecular weight is 448 g/mol. The Hall–Kier alpha value is -3.12. The molecule has 2 aromatic heterocycles. The Morgan fingerprint density at radius 2 is 1.62 bits per heavy atom. The normalized spacial score (nSPS) is 15.2. The molecule has 4 aromatic rings. The quantitative estimate of drug-likeness (QED) is 0.500. The van der Waals surface area contributed by atoms with Crippen LogP contribution in [0.25, 0.3) is 11.5 Å². The first kappa shape index (κ1) is 17.9. The number of benzene rings is 2. The zero-order valence-electron chi connectivity index (χ0n) is 15.4. The van der Waals surface area contributed by atoms with Crippen LogP contribution in [0, 0.1) is 0 Å². The average Bonchev–Trinajstić information content (AvgIpc) is 3.13. The van der Waals surface area contributed by atoms with E-state index in [1.165, 1.54) is 17.2 Å². The third-order valence-corrected chi connectivity index (χ3v) is 6.18. The Balaban J connectivity index is 1.78. The predicted molar refractivity (Wildman–Crippen MR) is 115 cm³/mol. The number of aromatic hydroxyl groups is 1. The lowest BCUT2D eigenvalue weighted by Gasteiger charge is -2.36. The second kappa shape index (κ2) is 7.04. The van der Waals surface area contributed by atoms with Gasteiger partial charge in [-0.25, -0.2) is 4.98 Å². The zero-order chi connectivity index (χ0) is 20.0. The lowest BCUT2D eigenvalue weighted by molar-refractivity contribution is 0.361. The van der Waals surface area contributed by atoms with E-state index in [9.17, 15) is 9.90 Å². The van der Waals surface area contributed by atoms with E-state index in [1.807, 2.05) is 45.5 Å². The first-order valence-electron chi connectivity index (χ1n) is 9.40. The summed E-state index contributed by atoms with van der Waals surface area (Å²) in [5.41, 5.74) is 2.40. The van der Waals surface area contributed by atoms with Gasteiger partial charge < -0.3 is 14.2 Å². The number of hydrogen-bond acceptors (Lipinski definition) is 3. The van der Waals surface area contributed by atoms with Gasteiger partial charge in [0.1, 0.15) is 10.3 Å². The van der Waals surface area contributed by atoms with Crippen LogP contribution in [0.1, 0.15) is 23.1 Å². The van der Waals surface area contributed by atoms with Gasteiger partial charge in [0.2, 0.25) is 5.43 Å². The van der Waals surface area contributed by atoms with Crippen LogP contribution in [0.3, 0.4) is 0 Å². The van der Waals surface area contributed by atoms with E-state index in [1.54, 1.807) is 12.4 Å². The molecule has 0 amide bonds. The van der Waals surface area contributed by atoms with Crippen molar-refractivity contribution in [2.24, 2.45) is 0 Å². The van der Waals surface area contributed by atoms with Gasteiger partial charge in [-0.1, -0.05) is 60.7 Å². The Kier molecular flexibility index (Phi) is 4.36. The highest BCUT2D eigenvalue weighted by Crippen LogP contribution is 2.43. The van der Waals surface area contributed by atoms with Crippen LogP contribution in [0.2, 0.25) is 0 Å². The van der Waals surface area contributed by atoms with E-state index in [-0.39, 0.29) is 17.7 Å². The van der Waals surface area contributed by atoms with Crippen molar-refractivity contribution in [2.75, 3.05) is 0 Å². The van der Waals surface area contributed by atoms with Crippen molar-refractivity contribution in [3.63, 3.8) is 0 Å². The van der Waals surface area contributed by atoms with Crippen LogP contribution in [0.15, 0.2) is 88.5 Å². The molecule has 0 unspecified atom stereocenters. The fourth-order valence-corrected chi connectivity index (χ4v) is 4.67. The molecule has 0 saturated heterocycles. The van der Waals surface area contributed by atoms with Crippen LogP contribution in [-0.4, -0.2) is 19.2 Å². The summed E-state index contributed by atoms with van der Waals surface area (Å²) >= 11 is 3.57. The number of halogens is 1. The van der Waals surface area contributed by atoms with Crippen molar-refractivity contribution in [1.82, 2.24) is 14.1 Å². The number of fused-ring (bicyclic) bond motifs is 3. The molecule has 3 heterocycles. The molecule has 0 spiro atoms. The molecule has 2 aromatic carbocycles. The molecular weight excluding hydrogens is 430 g/mol. The summed E-state index contributed by atoms with van der Waals surface area (Å²) in [4.78, 5) is 16.6. The lowest BCUT2D eigenvalue weighted by Crippen LogP contribution is -2.30. The first-order chi connectivity index (χ1) is 14.1. The topological polar surface area (TPSA) is 60.1 Å². The molecule has 144 valence electrons. The summed E-state index contributed by atoms with van der Waals surface area (Å²) in [5.74, 6) is 0.347. The third kappa shape index (κ3) is 2.91. The predicted octanol–water partition coefficient (Wildman–Crippen LogP) is 4.57. The van der Waals surface area contributed by atoms with Crippen LogP contribution < -0.4 is 5.43 Å². The largest absolute Gasteiger partial charge is 0.503 e. The molecule has 29 heavy (non-hydrogen) atoms. The van der Waals surface area contributed by atoms with E-state index in [0.29, 0.717) is 18.1 Å². The number of nitrogens with zero attached hydrogens (tertiary/aromatic N) is 3. The fourth-order valence-electron chi connectivity index (χ4n) is 4.25. The molecule has 0 aliphatic carbocycles.